The number of alkyl halides is 1. The maximum atomic E-state index is 13.0. The molecule has 0 aliphatic rings. The van der Waals surface area contributed by atoms with Crippen molar-refractivity contribution in [1.82, 2.24) is 4.72 Å². The highest BCUT2D eigenvalue weighted by Crippen LogP contribution is 2.30. The number of rotatable bonds is 6. The van der Waals surface area contributed by atoms with E-state index >= 15 is 0 Å². The third kappa shape index (κ3) is 4.19. The summed E-state index contributed by atoms with van der Waals surface area (Å²) in [7, 11) is 0.282. The summed E-state index contributed by atoms with van der Waals surface area (Å²) in [5.74, 6) is 0. The number of halogens is 1. The van der Waals surface area contributed by atoms with Gasteiger partial charge < -0.3 is 4.90 Å². The summed E-state index contributed by atoms with van der Waals surface area (Å²) in [6.45, 7) is 0. The van der Waals surface area contributed by atoms with E-state index in [4.69, 9.17) is 0 Å². The maximum absolute atomic E-state index is 13.0. The summed E-state index contributed by atoms with van der Waals surface area (Å²) in [4.78, 5) is 2.30. The molecule has 3 rings (SSSR count). The number of hydrogen-bond acceptors (Lipinski definition) is 3. The molecule has 1 N–H and O–H groups in total. The number of nitrogens with one attached hydrogen (secondary N) is 1. The quantitative estimate of drug-likeness (QED) is 0.327. The van der Waals surface area contributed by atoms with Gasteiger partial charge in [0, 0.05) is 30.6 Å². The molecular formula is C20H21IN2O2S. The summed E-state index contributed by atoms with van der Waals surface area (Å²) in [5.41, 5.74) is 2.09. The molecule has 0 radical (unpaired) electrons. The van der Waals surface area contributed by atoms with Crippen molar-refractivity contribution in [3.8, 4) is 0 Å². The Labute approximate surface area is 168 Å². The van der Waals surface area contributed by atoms with Crippen LogP contribution in [-0.2, 0) is 16.4 Å². The largest absolute Gasteiger partial charge is 0.377 e. The molecule has 0 saturated carbocycles. The molecule has 6 heteroatoms. The third-order valence-electron chi connectivity index (χ3n) is 4.17. The van der Waals surface area contributed by atoms with Gasteiger partial charge in [0.1, 0.15) is 0 Å². The highest BCUT2D eigenvalue weighted by atomic mass is 127. The van der Waals surface area contributed by atoms with E-state index in [0.29, 0.717) is 11.3 Å². The van der Waals surface area contributed by atoms with E-state index in [-0.39, 0.29) is 4.05 Å². The van der Waals surface area contributed by atoms with E-state index in [2.05, 4.69) is 27.3 Å². The van der Waals surface area contributed by atoms with Crippen LogP contribution in [0.1, 0.15) is 5.56 Å². The van der Waals surface area contributed by atoms with E-state index in [1.165, 1.54) is 0 Å². The predicted octanol–water partition coefficient (Wildman–Crippen LogP) is 4.19. The van der Waals surface area contributed by atoms with Crippen molar-refractivity contribution in [3.63, 3.8) is 0 Å². The molecule has 0 spiro atoms. The molecule has 4 nitrogen and oxygen atoms in total. The van der Waals surface area contributed by atoms with Gasteiger partial charge in [0.15, 0.2) is 0 Å². The lowest BCUT2D eigenvalue weighted by Gasteiger charge is -2.18. The Morgan fingerprint density at radius 3 is 2.27 bits per heavy atom. The van der Waals surface area contributed by atoms with E-state index in [9.17, 15) is 8.42 Å². The van der Waals surface area contributed by atoms with E-state index in [1.54, 1.807) is 12.1 Å². The first-order chi connectivity index (χ1) is 12.4. The molecule has 1 unspecified atom stereocenters. The number of anilines is 1. The molecular weight excluding hydrogens is 459 g/mol. The predicted molar refractivity (Wildman–Crippen MR) is 117 cm³/mol. The van der Waals surface area contributed by atoms with Gasteiger partial charge in [-0.1, -0.05) is 77.2 Å². The van der Waals surface area contributed by atoms with Crippen molar-refractivity contribution in [1.29, 1.82) is 0 Å². The molecule has 0 amide bonds. The monoisotopic (exact) mass is 480 g/mol. The van der Waals surface area contributed by atoms with Crippen LogP contribution in [0.25, 0.3) is 10.8 Å². The molecule has 3 aromatic carbocycles. The van der Waals surface area contributed by atoms with E-state index in [1.807, 2.05) is 73.6 Å². The van der Waals surface area contributed by atoms with Crippen molar-refractivity contribution >= 4 is 49.1 Å². The molecule has 0 fully saturated rings. The topological polar surface area (TPSA) is 49.4 Å². The lowest BCUT2D eigenvalue weighted by molar-refractivity contribution is 0.580. The minimum absolute atomic E-state index is 0.229. The second-order valence-corrected chi connectivity index (χ2v) is 9.49. The SMILES string of the molecule is CN(C)c1cccc2c(S(=O)(=O)NC(I)Cc3ccccc3)cccc12. The van der Waals surface area contributed by atoms with Gasteiger partial charge >= 0.3 is 0 Å². The van der Waals surface area contributed by atoms with Crippen LogP contribution in [0.5, 0.6) is 0 Å². The van der Waals surface area contributed by atoms with Crippen LogP contribution < -0.4 is 9.62 Å². The van der Waals surface area contributed by atoms with Crippen LogP contribution in [0.4, 0.5) is 5.69 Å². The molecule has 0 aliphatic carbocycles. The van der Waals surface area contributed by atoms with Gasteiger partial charge in [0.25, 0.3) is 0 Å². The van der Waals surface area contributed by atoms with E-state index < -0.39 is 10.0 Å². The highest BCUT2D eigenvalue weighted by molar-refractivity contribution is 14.1. The number of benzene rings is 3. The van der Waals surface area contributed by atoms with Crippen LogP contribution >= 0.6 is 22.6 Å². The van der Waals surface area contributed by atoms with Crippen molar-refractivity contribution in [2.75, 3.05) is 19.0 Å². The molecule has 0 aromatic heterocycles. The Balaban J connectivity index is 1.93. The Morgan fingerprint density at radius 1 is 0.923 bits per heavy atom. The fraction of sp³-hybridized carbons (Fsp3) is 0.200. The average Bonchev–Trinajstić information content (AvgIpc) is 2.60. The Kier molecular flexibility index (Phi) is 5.84. The number of hydrogen-bond donors (Lipinski definition) is 1. The first kappa shape index (κ1) is 19.1. The summed E-state index contributed by atoms with van der Waals surface area (Å²) < 4.78 is 28.6. The zero-order valence-electron chi connectivity index (χ0n) is 14.7. The highest BCUT2D eigenvalue weighted by Gasteiger charge is 2.21. The van der Waals surface area contributed by atoms with Crippen LogP contribution in [0, 0.1) is 0 Å². The zero-order valence-corrected chi connectivity index (χ0v) is 17.7. The summed E-state index contributed by atoms with van der Waals surface area (Å²) in [6.07, 6.45) is 0.633. The standard InChI is InChI=1S/C20H21IN2O2S/c1-23(2)18-12-6-11-17-16(18)10-7-13-19(17)26(24,25)22-20(21)14-15-8-4-3-5-9-15/h3-13,20,22H,14H2,1-2H3. The molecule has 0 bridgehead atoms. The Bertz CT molecular complexity index is 1000. The minimum atomic E-state index is -3.62. The summed E-state index contributed by atoms with van der Waals surface area (Å²) >= 11 is 2.14. The van der Waals surface area contributed by atoms with Gasteiger partial charge in [-0.05, 0) is 24.1 Å². The lowest BCUT2D eigenvalue weighted by atomic mass is 10.1. The fourth-order valence-electron chi connectivity index (χ4n) is 2.98. The molecule has 0 saturated heterocycles. The van der Waals surface area contributed by atoms with Gasteiger partial charge in [-0.25, -0.2) is 8.42 Å². The van der Waals surface area contributed by atoms with Crippen molar-refractivity contribution < 1.29 is 8.42 Å². The normalized spacial score (nSPS) is 12.9. The van der Waals surface area contributed by atoms with Gasteiger partial charge in [0.05, 0.1) is 8.94 Å². The van der Waals surface area contributed by atoms with Gasteiger partial charge in [-0.2, -0.15) is 4.72 Å². The van der Waals surface area contributed by atoms with Crippen LogP contribution in [0.3, 0.4) is 0 Å². The molecule has 0 heterocycles. The van der Waals surface area contributed by atoms with Crippen LogP contribution in [0.15, 0.2) is 71.6 Å². The average molecular weight is 480 g/mol. The lowest BCUT2D eigenvalue weighted by Crippen LogP contribution is -2.32. The van der Waals surface area contributed by atoms with E-state index in [0.717, 1.165) is 22.0 Å². The summed E-state index contributed by atoms with van der Waals surface area (Å²) in [6, 6.07) is 21.0. The maximum Gasteiger partial charge on any atom is 0.242 e. The zero-order chi connectivity index (χ0) is 18.7. The fourth-order valence-corrected chi connectivity index (χ4v) is 5.77. The smallest absolute Gasteiger partial charge is 0.242 e. The molecule has 26 heavy (non-hydrogen) atoms. The molecule has 136 valence electrons. The molecule has 1 atom stereocenters. The van der Waals surface area contributed by atoms with Crippen molar-refractivity contribution in [2.24, 2.45) is 0 Å². The van der Waals surface area contributed by atoms with Crippen LogP contribution in [-0.4, -0.2) is 26.6 Å². The number of fused-ring (bicyclic) bond motifs is 1. The van der Waals surface area contributed by atoms with Crippen LogP contribution in [0.2, 0.25) is 0 Å². The molecule has 0 aliphatic heterocycles. The van der Waals surface area contributed by atoms with Gasteiger partial charge in [0.2, 0.25) is 10.0 Å². The Hall–Kier alpha value is -1.64. The summed E-state index contributed by atoms with van der Waals surface area (Å²) in [5, 5.41) is 1.66. The van der Waals surface area contributed by atoms with Crippen molar-refractivity contribution in [2.45, 2.75) is 15.4 Å². The minimum Gasteiger partial charge on any atom is -0.377 e. The molecule has 3 aromatic rings. The number of sulfonamides is 1. The second kappa shape index (κ2) is 7.94. The Morgan fingerprint density at radius 2 is 1.58 bits per heavy atom. The van der Waals surface area contributed by atoms with Gasteiger partial charge in [-0.15, -0.1) is 0 Å². The second-order valence-electron chi connectivity index (χ2n) is 6.30. The number of nitrogens with zero attached hydrogens (tertiary/aromatic N) is 1. The first-order valence-corrected chi connectivity index (χ1v) is 11.0. The van der Waals surface area contributed by atoms with Gasteiger partial charge in [-0.3, -0.25) is 0 Å². The van der Waals surface area contributed by atoms with Crippen molar-refractivity contribution in [3.05, 3.63) is 72.3 Å². The first-order valence-electron chi connectivity index (χ1n) is 8.28. The third-order valence-corrected chi connectivity index (χ3v) is 6.88.